The molecule has 0 amide bonds. The summed E-state index contributed by atoms with van der Waals surface area (Å²) < 4.78 is 7.03. The molecule has 2 nitrogen and oxygen atoms in total. The number of rotatable bonds is 6. The summed E-state index contributed by atoms with van der Waals surface area (Å²) in [5.41, 5.74) is 2.36. The Balaban J connectivity index is 2.07. The third-order valence-corrected chi connectivity index (χ3v) is 3.51. The normalized spacial score (nSPS) is 10.6. The fourth-order valence-corrected chi connectivity index (χ4v) is 2.46. The van der Waals surface area contributed by atoms with Crippen LogP contribution in [0.4, 0.5) is 0 Å². The molecule has 0 saturated heterocycles. The smallest absolute Gasteiger partial charge is 0.130 e. The van der Waals surface area contributed by atoms with Crippen molar-refractivity contribution >= 4 is 15.9 Å². The van der Waals surface area contributed by atoms with E-state index in [1.807, 2.05) is 31.2 Å². The van der Waals surface area contributed by atoms with E-state index in [9.17, 15) is 0 Å². The monoisotopic (exact) mass is 333 g/mol. The quantitative estimate of drug-likeness (QED) is 0.747. The second-order valence-corrected chi connectivity index (χ2v) is 5.75. The lowest BCUT2D eigenvalue weighted by molar-refractivity contribution is 0.477. The average Bonchev–Trinajstić information content (AvgIpc) is 2.43. The molecule has 0 fully saturated rings. The van der Waals surface area contributed by atoms with Crippen molar-refractivity contribution in [2.75, 3.05) is 6.54 Å². The minimum atomic E-state index is 0.879. The van der Waals surface area contributed by atoms with Gasteiger partial charge in [-0.3, -0.25) is 0 Å². The molecule has 0 aromatic heterocycles. The molecular formula is C17H20BrNO. The zero-order valence-corrected chi connectivity index (χ0v) is 13.5. The van der Waals surface area contributed by atoms with Crippen molar-refractivity contribution < 1.29 is 4.74 Å². The van der Waals surface area contributed by atoms with E-state index >= 15 is 0 Å². The Morgan fingerprint density at radius 2 is 2.00 bits per heavy atom. The van der Waals surface area contributed by atoms with Gasteiger partial charge in [-0.05, 0) is 61.3 Å². The Bertz CT molecular complexity index is 569. The fourth-order valence-electron chi connectivity index (χ4n) is 1.98. The lowest BCUT2D eigenvalue weighted by Gasteiger charge is -2.10. The Morgan fingerprint density at radius 3 is 2.75 bits per heavy atom. The van der Waals surface area contributed by atoms with E-state index in [4.69, 9.17) is 4.74 Å². The molecule has 0 atom stereocenters. The molecule has 0 aliphatic heterocycles. The number of aryl methyl sites for hydroxylation is 1. The Morgan fingerprint density at radius 1 is 1.15 bits per heavy atom. The number of nitrogens with one attached hydrogen (secondary N) is 1. The molecule has 3 heteroatoms. The first-order chi connectivity index (χ1) is 9.69. The first kappa shape index (κ1) is 15.1. The molecule has 20 heavy (non-hydrogen) atoms. The van der Waals surface area contributed by atoms with E-state index in [0.717, 1.165) is 41.0 Å². The fraction of sp³-hybridized carbons (Fsp3) is 0.294. The van der Waals surface area contributed by atoms with Crippen LogP contribution < -0.4 is 10.1 Å². The largest absolute Gasteiger partial charge is 0.457 e. The molecule has 0 aliphatic rings. The third kappa shape index (κ3) is 4.36. The molecule has 2 aromatic carbocycles. The van der Waals surface area contributed by atoms with Crippen LogP contribution in [0.15, 0.2) is 46.9 Å². The highest BCUT2D eigenvalue weighted by atomic mass is 79.9. The highest BCUT2D eigenvalue weighted by molar-refractivity contribution is 9.10. The number of hydrogen-bond acceptors (Lipinski definition) is 2. The molecular weight excluding hydrogens is 314 g/mol. The zero-order valence-electron chi connectivity index (χ0n) is 11.9. The van der Waals surface area contributed by atoms with E-state index in [2.05, 4.69) is 46.4 Å². The molecule has 0 saturated carbocycles. The van der Waals surface area contributed by atoms with Gasteiger partial charge in [-0.1, -0.05) is 35.0 Å². The Labute approximate surface area is 129 Å². The van der Waals surface area contributed by atoms with Crippen molar-refractivity contribution in [1.29, 1.82) is 0 Å². The summed E-state index contributed by atoms with van der Waals surface area (Å²) in [6, 6.07) is 14.3. The molecule has 0 radical (unpaired) electrons. The van der Waals surface area contributed by atoms with Crippen molar-refractivity contribution in [1.82, 2.24) is 5.32 Å². The molecule has 0 bridgehead atoms. The van der Waals surface area contributed by atoms with Crippen molar-refractivity contribution in [2.45, 2.75) is 26.8 Å². The Hall–Kier alpha value is -1.32. The number of halogens is 1. The standard InChI is InChI=1S/C17H20BrNO/c1-3-9-19-12-14-5-4-6-16(11-14)20-17-8-7-15(18)10-13(17)2/h4-8,10-11,19H,3,9,12H2,1-2H3. The van der Waals surface area contributed by atoms with Crippen LogP contribution in [0.1, 0.15) is 24.5 Å². The average molecular weight is 334 g/mol. The topological polar surface area (TPSA) is 21.3 Å². The molecule has 2 aromatic rings. The van der Waals surface area contributed by atoms with Gasteiger partial charge in [0.15, 0.2) is 0 Å². The van der Waals surface area contributed by atoms with E-state index < -0.39 is 0 Å². The summed E-state index contributed by atoms with van der Waals surface area (Å²) in [5.74, 6) is 1.78. The first-order valence-corrected chi connectivity index (χ1v) is 7.72. The van der Waals surface area contributed by atoms with Gasteiger partial charge in [-0.25, -0.2) is 0 Å². The molecule has 1 N–H and O–H groups in total. The lowest BCUT2D eigenvalue weighted by Crippen LogP contribution is -2.13. The van der Waals surface area contributed by atoms with Gasteiger partial charge >= 0.3 is 0 Å². The van der Waals surface area contributed by atoms with Gasteiger partial charge in [0.25, 0.3) is 0 Å². The van der Waals surface area contributed by atoms with Gasteiger partial charge in [0, 0.05) is 11.0 Å². The van der Waals surface area contributed by atoms with Gasteiger partial charge in [0.2, 0.25) is 0 Å². The summed E-state index contributed by atoms with van der Waals surface area (Å²) >= 11 is 3.46. The van der Waals surface area contributed by atoms with Gasteiger partial charge in [0.1, 0.15) is 11.5 Å². The minimum Gasteiger partial charge on any atom is -0.457 e. The van der Waals surface area contributed by atoms with Crippen LogP contribution in [0, 0.1) is 6.92 Å². The second-order valence-electron chi connectivity index (χ2n) is 4.84. The van der Waals surface area contributed by atoms with Crippen LogP contribution >= 0.6 is 15.9 Å². The molecule has 0 aliphatic carbocycles. The van der Waals surface area contributed by atoms with Gasteiger partial charge in [0.05, 0.1) is 0 Å². The summed E-state index contributed by atoms with van der Waals surface area (Å²) in [6.45, 7) is 6.14. The van der Waals surface area contributed by atoms with Crippen molar-refractivity contribution in [3.63, 3.8) is 0 Å². The van der Waals surface area contributed by atoms with Crippen molar-refractivity contribution in [2.24, 2.45) is 0 Å². The molecule has 0 spiro atoms. The van der Waals surface area contributed by atoms with Crippen LogP contribution in [0.3, 0.4) is 0 Å². The Kier molecular flexibility index (Phi) is 5.62. The third-order valence-electron chi connectivity index (χ3n) is 3.02. The number of benzene rings is 2. The summed E-state index contributed by atoms with van der Waals surface area (Å²) in [6.07, 6.45) is 1.15. The van der Waals surface area contributed by atoms with Crippen LogP contribution in [-0.2, 0) is 6.54 Å². The molecule has 0 unspecified atom stereocenters. The van der Waals surface area contributed by atoms with Gasteiger partial charge < -0.3 is 10.1 Å². The maximum absolute atomic E-state index is 5.96. The second kappa shape index (κ2) is 7.46. The highest BCUT2D eigenvalue weighted by Gasteiger charge is 2.03. The van der Waals surface area contributed by atoms with E-state index in [-0.39, 0.29) is 0 Å². The SMILES string of the molecule is CCCNCc1cccc(Oc2ccc(Br)cc2C)c1. The minimum absolute atomic E-state index is 0.879. The van der Waals surface area contributed by atoms with E-state index in [1.165, 1.54) is 5.56 Å². The van der Waals surface area contributed by atoms with E-state index in [1.54, 1.807) is 0 Å². The van der Waals surface area contributed by atoms with Crippen molar-refractivity contribution in [3.8, 4) is 11.5 Å². The number of ether oxygens (including phenoxy) is 1. The first-order valence-electron chi connectivity index (χ1n) is 6.92. The summed E-state index contributed by atoms with van der Waals surface area (Å²) in [7, 11) is 0. The molecule has 2 rings (SSSR count). The van der Waals surface area contributed by atoms with Crippen LogP contribution in [0.5, 0.6) is 11.5 Å². The molecule has 0 heterocycles. The van der Waals surface area contributed by atoms with Gasteiger partial charge in [-0.2, -0.15) is 0 Å². The highest BCUT2D eigenvalue weighted by Crippen LogP contribution is 2.27. The van der Waals surface area contributed by atoms with Crippen molar-refractivity contribution in [3.05, 3.63) is 58.1 Å². The van der Waals surface area contributed by atoms with E-state index in [0.29, 0.717) is 0 Å². The van der Waals surface area contributed by atoms with Gasteiger partial charge in [-0.15, -0.1) is 0 Å². The summed E-state index contributed by atoms with van der Waals surface area (Å²) in [5, 5.41) is 3.40. The van der Waals surface area contributed by atoms with Crippen LogP contribution in [0.2, 0.25) is 0 Å². The number of hydrogen-bond donors (Lipinski definition) is 1. The maximum atomic E-state index is 5.96. The molecule has 106 valence electrons. The van der Waals surface area contributed by atoms with Crippen LogP contribution in [0.25, 0.3) is 0 Å². The maximum Gasteiger partial charge on any atom is 0.130 e. The predicted octanol–water partition coefficient (Wildman–Crippen LogP) is 5.05. The zero-order chi connectivity index (χ0) is 14.4. The summed E-state index contributed by atoms with van der Waals surface area (Å²) in [4.78, 5) is 0. The predicted molar refractivity (Wildman–Crippen MR) is 87.4 cm³/mol. The van der Waals surface area contributed by atoms with Crippen LogP contribution in [-0.4, -0.2) is 6.54 Å². The lowest BCUT2D eigenvalue weighted by atomic mass is 10.2.